The van der Waals surface area contributed by atoms with Crippen molar-refractivity contribution >= 4 is 0 Å². The molecule has 582 valence electrons. The number of unbranched alkanes of at least 4 members (excludes halogenated alkanes) is 24. The quantitative estimate of drug-likeness (QED) is 0.0533. The molecule has 0 N–H and O–H groups in total. The first kappa shape index (κ1) is 106. The van der Waals surface area contributed by atoms with Crippen LogP contribution in [0.15, 0.2) is 0 Å². The van der Waals surface area contributed by atoms with Gasteiger partial charge in [0.2, 0.25) is 0 Å². The first-order chi connectivity index (χ1) is 44.5. The van der Waals surface area contributed by atoms with E-state index in [-0.39, 0.29) is 0 Å². The van der Waals surface area contributed by atoms with Crippen molar-refractivity contribution in [2.45, 2.75) is 548 Å². The van der Waals surface area contributed by atoms with Crippen molar-refractivity contribution in [3.63, 3.8) is 0 Å². The predicted molar refractivity (Wildman–Crippen MR) is 450 cm³/mol. The van der Waals surface area contributed by atoms with Gasteiger partial charge in [0.05, 0.1) is 0 Å². The molecular weight excluding hydrogens is 1140 g/mol. The lowest BCUT2D eigenvalue weighted by molar-refractivity contribution is 0.259. The van der Waals surface area contributed by atoms with Crippen LogP contribution in [0.2, 0.25) is 0 Å². The molecule has 0 aliphatic heterocycles. The summed E-state index contributed by atoms with van der Waals surface area (Å²) in [6, 6.07) is 0. The van der Waals surface area contributed by atoms with Crippen molar-refractivity contribution < 1.29 is 0 Å². The Morgan fingerprint density at radius 1 is 0.137 bits per heavy atom. The lowest BCUT2D eigenvalue weighted by atomic mass is 9.80. The zero-order valence-corrected chi connectivity index (χ0v) is 73.9. The average molecular weight is 1340 g/mol. The SMILES string of the molecule is CCCC(CC)CC(C)(C)C.CCCCC(CCCC)CC(C)(C)C.CCCCCCC(CCCC)CC(C)(C)C.CCCCCCC(CCCC)CC(C)(C)C.CCCCCCC(CCCCCC)CC(C)(C)C.CCCCCCCCC(CCCCCC)CC(C)(C)C. The maximum Gasteiger partial charge on any atom is -0.0380 e. The Labute approximate surface area is 612 Å². The number of hydrogen-bond donors (Lipinski definition) is 0. The minimum atomic E-state index is 0.512. The van der Waals surface area contributed by atoms with E-state index >= 15 is 0 Å². The average Bonchev–Trinajstić information content (AvgIpc) is 1.34. The molecule has 4 atom stereocenters. The fourth-order valence-electron chi connectivity index (χ4n) is 15.3. The number of hydrogen-bond acceptors (Lipinski definition) is 0. The molecule has 0 heterocycles. The van der Waals surface area contributed by atoms with Crippen molar-refractivity contribution in [3.05, 3.63) is 0 Å². The van der Waals surface area contributed by atoms with E-state index in [1.54, 1.807) is 0 Å². The summed E-state index contributed by atoms with van der Waals surface area (Å²) in [7, 11) is 0. The second kappa shape index (κ2) is 71.0. The standard InChI is InChI=1S/C20H42.C18H38.2C16H34.C14H30.C11H24/c1-6-8-10-12-13-15-17-19(18-20(3,4)5)16-14-11-9-7-2;1-6-8-10-12-14-17(16-18(3,4)5)15-13-11-9-7-2;2*1-6-8-10-11-13-15(12-9-7-2)14-16(3,4)5;1-6-8-10-13(11-9-7-2)12-14(3,4)5;1-6-8-10(7-2)9-11(3,4)5/h19H,6-18H2,1-5H3;17H,6-16H2,1-5H3;2*15H,6-14H2,1-5H3;13H,6-12H2,1-5H3;10H,6-9H2,1-5H3. The molecule has 0 saturated heterocycles. The van der Waals surface area contributed by atoms with Crippen molar-refractivity contribution in [2.75, 3.05) is 0 Å². The Hall–Kier alpha value is 0. The van der Waals surface area contributed by atoms with Crippen molar-refractivity contribution in [1.29, 1.82) is 0 Å². The van der Waals surface area contributed by atoms with E-state index in [1.165, 1.54) is 340 Å². The molecule has 0 aromatic heterocycles. The summed E-state index contributed by atoms with van der Waals surface area (Å²) in [6.07, 6.45) is 75.5. The van der Waals surface area contributed by atoms with Gasteiger partial charge in [-0.1, -0.05) is 509 Å². The van der Waals surface area contributed by atoms with E-state index in [0.717, 1.165) is 35.5 Å². The molecular formula is C95H202. The van der Waals surface area contributed by atoms with Gasteiger partial charge in [0.15, 0.2) is 0 Å². The van der Waals surface area contributed by atoms with Gasteiger partial charge in [-0.3, -0.25) is 0 Å². The predicted octanol–water partition coefficient (Wildman–Crippen LogP) is 36.8. The zero-order chi connectivity index (χ0) is 73.9. The van der Waals surface area contributed by atoms with Gasteiger partial charge in [0.25, 0.3) is 0 Å². The molecule has 0 aromatic rings. The molecule has 0 amide bonds. The van der Waals surface area contributed by atoms with E-state index in [9.17, 15) is 0 Å². The summed E-state index contributed by atoms with van der Waals surface area (Å²) < 4.78 is 0. The third kappa shape index (κ3) is 100. The summed E-state index contributed by atoms with van der Waals surface area (Å²) >= 11 is 0. The Morgan fingerprint density at radius 2 is 0.274 bits per heavy atom. The minimum Gasteiger partial charge on any atom is -0.0654 e. The molecule has 0 spiro atoms. The fraction of sp³-hybridized carbons (Fsp3) is 1.00. The molecule has 0 aromatic carbocycles. The van der Waals surface area contributed by atoms with Gasteiger partial charge in [-0.2, -0.15) is 0 Å². The Morgan fingerprint density at radius 3 is 0.421 bits per heavy atom. The zero-order valence-electron chi connectivity index (χ0n) is 73.9. The highest BCUT2D eigenvalue weighted by Gasteiger charge is 2.23. The van der Waals surface area contributed by atoms with Gasteiger partial charge in [0, 0.05) is 0 Å². The largest absolute Gasteiger partial charge is 0.0654 e. The van der Waals surface area contributed by atoms with Crippen LogP contribution in [0.3, 0.4) is 0 Å². The first-order valence-electron chi connectivity index (χ1n) is 44.5. The highest BCUT2D eigenvalue weighted by atomic mass is 14.3. The van der Waals surface area contributed by atoms with Gasteiger partial charge >= 0.3 is 0 Å². The molecule has 0 radical (unpaired) electrons. The van der Waals surface area contributed by atoms with Gasteiger partial charge in [-0.15, -0.1) is 0 Å². The van der Waals surface area contributed by atoms with Gasteiger partial charge in [0.1, 0.15) is 0 Å². The lowest BCUT2D eigenvalue weighted by Gasteiger charge is -2.26. The van der Waals surface area contributed by atoms with Crippen LogP contribution < -0.4 is 0 Å². The van der Waals surface area contributed by atoms with Crippen LogP contribution in [-0.4, -0.2) is 0 Å². The van der Waals surface area contributed by atoms with Gasteiger partial charge < -0.3 is 0 Å². The molecule has 0 nitrogen and oxygen atoms in total. The third-order valence-corrected chi connectivity index (χ3v) is 19.8. The van der Waals surface area contributed by atoms with Crippen LogP contribution in [-0.2, 0) is 0 Å². The molecule has 0 rings (SSSR count). The summed E-state index contributed by atoms with van der Waals surface area (Å²) in [6.45, 7) is 70.5. The van der Waals surface area contributed by atoms with Crippen LogP contribution in [0.4, 0.5) is 0 Å². The highest BCUT2D eigenvalue weighted by molar-refractivity contribution is 4.75. The maximum absolute atomic E-state index is 2.41. The fourth-order valence-corrected chi connectivity index (χ4v) is 15.3. The smallest absolute Gasteiger partial charge is 0.0380 e. The van der Waals surface area contributed by atoms with Crippen LogP contribution in [0.25, 0.3) is 0 Å². The van der Waals surface area contributed by atoms with Crippen LogP contribution in [0.5, 0.6) is 0 Å². The van der Waals surface area contributed by atoms with E-state index < -0.39 is 0 Å². The molecule has 0 bridgehead atoms. The first-order valence-corrected chi connectivity index (χ1v) is 44.5. The van der Waals surface area contributed by atoms with Crippen LogP contribution >= 0.6 is 0 Å². The summed E-state index contributed by atoms with van der Waals surface area (Å²) in [5.41, 5.74) is 3.10. The molecule has 4 unspecified atom stereocenters. The topological polar surface area (TPSA) is 0 Å². The monoisotopic (exact) mass is 1340 g/mol. The van der Waals surface area contributed by atoms with Crippen LogP contribution in [0.1, 0.15) is 548 Å². The third-order valence-electron chi connectivity index (χ3n) is 19.8. The Kier molecular flexibility index (Phi) is 79.2. The molecule has 0 heteroatoms. The summed E-state index contributed by atoms with van der Waals surface area (Å²) in [5.74, 6) is 5.88. The molecule has 0 aliphatic carbocycles. The maximum atomic E-state index is 2.41. The summed E-state index contributed by atoms with van der Waals surface area (Å²) in [5, 5.41) is 0. The Bertz CT molecular complexity index is 1330. The molecule has 0 fully saturated rings. The molecule has 95 heavy (non-hydrogen) atoms. The lowest BCUT2D eigenvalue weighted by Crippen LogP contribution is -2.13. The number of rotatable bonds is 53. The molecule has 0 saturated carbocycles. The van der Waals surface area contributed by atoms with Crippen molar-refractivity contribution in [1.82, 2.24) is 0 Å². The molecule has 0 aliphatic rings. The van der Waals surface area contributed by atoms with Crippen molar-refractivity contribution in [2.24, 2.45) is 68.0 Å². The van der Waals surface area contributed by atoms with E-state index in [4.69, 9.17) is 0 Å². The van der Waals surface area contributed by atoms with E-state index in [0.29, 0.717) is 32.5 Å². The second-order valence-electron chi connectivity index (χ2n) is 39.4. The second-order valence-corrected chi connectivity index (χ2v) is 39.4. The highest BCUT2D eigenvalue weighted by Crippen LogP contribution is 2.36. The normalized spacial score (nSPS) is 13.5. The van der Waals surface area contributed by atoms with E-state index in [1.807, 2.05) is 0 Å². The van der Waals surface area contributed by atoms with Crippen molar-refractivity contribution in [3.8, 4) is 0 Å². The van der Waals surface area contributed by atoms with Gasteiger partial charge in [-0.05, 0) is 107 Å². The van der Waals surface area contributed by atoms with E-state index in [2.05, 4.69) is 208 Å². The minimum absolute atomic E-state index is 0.512. The summed E-state index contributed by atoms with van der Waals surface area (Å²) in [4.78, 5) is 0. The Balaban J connectivity index is -0.000000252. The van der Waals surface area contributed by atoms with Crippen LogP contribution in [0, 0.1) is 68.0 Å². The van der Waals surface area contributed by atoms with Gasteiger partial charge in [-0.25, -0.2) is 0 Å².